The third-order valence-electron chi connectivity index (χ3n) is 6.76. The van der Waals surface area contributed by atoms with Crippen LogP contribution in [0.25, 0.3) is 0 Å². The third-order valence-corrected chi connectivity index (χ3v) is 6.76. The molecule has 1 aromatic carbocycles. The highest BCUT2D eigenvalue weighted by Gasteiger charge is 2.46. The van der Waals surface area contributed by atoms with Gasteiger partial charge in [0.25, 0.3) is 0 Å². The number of hydrogen-bond acceptors (Lipinski definition) is 3. The maximum Gasteiger partial charge on any atom is 0.320 e. The minimum atomic E-state index is 0.0984. The van der Waals surface area contributed by atoms with E-state index in [0.717, 1.165) is 32.4 Å². The number of piperidine rings is 1. The first-order valence-corrected chi connectivity index (χ1v) is 11.0. The highest BCUT2D eigenvalue weighted by Crippen LogP contribution is 2.52. The van der Waals surface area contributed by atoms with Crippen molar-refractivity contribution in [2.75, 3.05) is 39.4 Å². The Morgan fingerprint density at radius 2 is 1.76 bits per heavy atom. The molecule has 0 bridgehead atoms. The average Bonchev–Trinajstić information content (AvgIpc) is 3.01. The second-order valence-corrected chi connectivity index (χ2v) is 9.06. The molecule has 3 aliphatic rings. The van der Waals surface area contributed by atoms with E-state index in [2.05, 4.69) is 29.6 Å². The Hall–Kier alpha value is -2.08. The van der Waals surface area contributed by atoms with E-state index in [9.17, 15) is 9.59 Å². The van der Waals surface area contributed by atoms with E-state index in [1.807, 2.05) is 23.6 Å². The van der Waals surface area contributed by atoms with Crippen LogP contribution in [-0.4, -0.2) is 67.2 Å². The molecule has 0 unspecified atom stereocenters. The Labute approximate surface area is 173 Å². The molecule has 1 spiro atoms. The molecule has 1 N–H and O–H groups in total. The zero-order valence-electron chi connectivity index (χ0n) is 17.7. The second kappa shape index (κ2) is 8.34. The quantitative estimate of drug-likeness (QED) is 0.850. The number of ether oxygens (including phenoxy) is 1. The first-order valence-electron chi connectivity index (χ1n) is 11.0. The van der Waals surface area contributed by atoms with E-state index in [1.54, 1.807) is 0 Å². The number of urea groups is 1. The number of amides is 3. The summed E-state index contributed by atoms with van der Waals surface area (Å²) in [5.41, 5.74) is 2.83. The van der Waals surface area contributed by atoms with Crippen LogP contribution in [-0.2, 0) is 14.9 Å². The SMILES string of the molecule is CC(C)NC(=O)C[C@@H]1CC2(CCN(C(=O)N3CCOCC3)CC2)c2ccccc21. The van der Waals surface area contributed by atoms with Crippen molar-refractivity contribution < 1.29 is 14.3 Å². The molecule has 0 aromatic heterocycles. The molecule has 2 aliphatic heterocycles. The number of rotatable bonds is 3. The van der Waals surface area contributed by atoms with Crippen molar-refractivity contribution in [3.8, 4) is 0 Å². The number of fused-ring (bicyclic) bond motifs is 2. The van der Waals surface area contributed by atoms with Gasteiger partial charge in [-0.15, -0.1) is 0 Å². The molecule has 2 saturated heterocycles. The van der Waals surface area contributed by atoms with E-state index in [-0.39, 0.29) is 29.3 Å². The zero-order valence-corrected chi connectivity index (χ0v) is 17.7. The monoisotopic (exact) mass is 399 g/mol. The number of benzene rings is 1. The molecule has 158 valence electrons. The van der Waals surface area contributed by atoms with Gasteiger partial charge in [0, 0.05) is 38.6 Å². The normalized spacial score (nSPS) is 23.3. The molecule has 6 nitrogen and oxygen atoms in total. The molecule has 6 heteroatoms. The fourth-order valence-electron chi connectivity index (χ4n) is 5.37. The lowest BCUT2D eigenvalue weighted by molar-refractivity contribution is -0.122. The molecule has 29 heavy (non-hydrogen) atoms. The Kier molecular flexibility index (Phi) is 5.81. The Balaban J connectivity index is 1.45. The van der Waals surface area contributed by atoms with Crippen molar-refractivity contribution in [3.05, 3.63) is 35.4 Å². The van der Waals surface area contributed by atoms with Crippen LogP contribution in [0.3, 0.4) is 0 Å². The highest BCUT2D eigenvalue weighted by molar-refractivity contribution is 5.77. The van der Waals surface area contributed by atoms with Crippen molar-refractivity contribution in [2.45, 2.75) is 56.9 Å². The fourth-order valence-corrected chi connectivity index (χ4v) is 5.37. The zero-order chi connectivity index (χ0) is 20.4. The van der Waals surface area contributed by atoms with Gasteiger partial charge in [0.15, 0.2) is 0 Å². The number of carbonyl (C=O) groups is 2. The molecule has 1 aliphatic carbocycles. The lowest BCUT2D eigenvalue weighted by Gasteiger charge is -2.42. The summed E-state index contributed by atoms with van der Waals surface area (Å²) in [6, 6.07) is 8.97. The van der Waals surface area contributed by atoms with Gasteiger partial charge < -0.3 is 19.9 Å². The van der Waals surface area contributed by atoms with Crippen molar-refractivity contribution in [1.29, 1.82) is 0 Å². The Morgan fingerprint density at radius 1 is 1.10 bits per heavy atom. The van der Waals surface area contributed by atoms with Crippen molar-refractivity contribution >= 4 is 11.9 Å². The van der Waals surface area contributed by atoms with Gasteiger partial charge in [-0.2, -0.15) is 0 Å². The van der Waals surface area contributed by atoms with Gasteiger partial charge in [0.1, 0.15) is 0 Å². The number of hydrogen-bond donors (Lipinski definition) is 1. The lowest BCUT2D eigenvalue weighted by atomic mass is 9.73. The first-order chi connectivity index (χ1) is 14.0. The van der Waals surface area contributed by atoms with Crippen LogP contribution in [0.5, 0.6) is 0 Å². The minimum Gasteiger partial charge on any atom is -0.378 e. The molecule has 0 saturated carbocycles. The minimum absolute atomic E-state index is 0.0984. The van der Waals surface area contributed by atoms with E-state index >= 15 is 0 Å². The van der Waals surface area contributed by atoms with Crippen LogP contribution in [0.4, 0.5) is 4.79 Å². The van der Waals surface area contributed by atoms with Gasteiger partial charge in [-0.3, -0.25) is 4.79 Å². The standard InChI is InChI=1S/C23H33N3O3/c1-17(2)24-21(27)15-18-16-23(20-6-4-3-5-19(18)20)7-9-25(10-8-23)22(28)26-11-13-29-14-12-26/h3-6,17-18H,7-16H2,1-2H3,(H,24,27)/t18-/m1/s1. The van der Waals surface area contributed by atoms with Crippen LogP contribution in [0.15, 0.2) is 24.3 Å². The van der Waals surface area contributed by atoms with Gasteiger partial charge in [-0.05, 0) is 55.6 Å². The molecule has 2 heterocycles. The molecule has 0 radical (unpaired) electrons. The van der Waals surface area contributed by atoms with Gasteiger partial charge in [0.05, 0.1) is 13.2 Å². The van der Waals surface area contributed by atoms with Gasteiger partial charge >= 0.3 is 6.03 Å². The van der Waals surface area contributed by atoms with Crippen molar-refractivity contribution in [1.82, 2.24) is 15.1 Å². The summed E-state index contributed by atoms with van der Waals surface area (Å²) >= 11 is 0. The van der Waals surface area contributed by atoms with Crippen LogP contribution in [0.1, 0.15) is 56.6 Å². The molecular formula is C23H33N3O3. The predicted octanol–water partition coefficient (Wildman–Crippen LogP) is 2.87. The maximum atomic E-state index is 12.9. The lowest BCUT2D eigenvalue weighted by Crippen LogP contribution is -2.52. The largest absolute Gasteiger partial charge is 0.378 e. The second-order valence-electron chi connectivity index (χ2n) is 9.06. The van der Waals surface area contributed by atoms with Gasteiger partial charge in [-0.25, -0.2) is 4.79 Å². The van der Waals surface area contributed by atoms with Crippen LogP contribution in [0.2, 0.25) is 0 Å². The summed E-state index contributed by atoms with van der Waals surface area (Å²) in [7, 11) is 0. The Bertz CT molecular complexity index is 749. The highest BCUT2D eigenvalue weighted by atomic mass is 16.5. The van der Waals surface area contributed by atoms with Crippen molar-refractivity contribution in [2.24, 2.45) is 0 Å². The topological polar surface area (TPSA) is 61.9 Å². The van der Waals surface area contributed by atoms with E-state index in [0.29, 0.717) is 32.7 Å². The number of likely N-dealkylation sites (tertiary alicyclic amines) is 1. The summed E-state index contributed by atoms with van der Waals surface area (Å²) < 4.78 is 5.37. The molecule has 3 amide bonds. The van der Waals surface area contributed by atoms with Gasteiger partial charge in [0.2, 0.25) is 5.91 Å². The van der Waals surface area contributed by atoms with E-state index < -0.39 is 0 Å². The maximum absolute atomic E-state index is 12.9. The average molecular weight is 400 g/mol. The molecular weight excluding hydrogens is 366 g/mol. The molecule has 4 rings (SSSR count). The van der Waals surface area contributed by atoms with Crippen LogP contribution in [0, 0.1) is 0 Å². The smallest absolute Gasteiger partial charge is 0.320 e. The summed E-state index contributed by atoms with van der Waals surface area (Å²) in [6.45, 7) is 8.23. The predicted molar refractivity (Wildman–Crippen MR) is 112 cm³/mol. The number of carbonyl (C=O) groups excluding carboxylic acids is 2. The number of nitrogens with zero attached hydrogens (tertiary/aromatic N) is 2. The summed E-state index contributed by atoms with van der Waals surface area (Å²) in [4.78, 5) is 29.2. The summed E-state index contributed by atoms with van der Waals surface area (Å²) in [5, 5.41) is 3.04. The number of nitrogens with one attached hydrogen (secondary N) is 1. The molecule has 1 aromatic rings. The van der Waals surface area contributed by atoms with Gasteiger partial charge in [-0.1, -0.05) is 24.3 Å². The van der Waals surface area contributed by atoms with Crippen molar-refractivity contribution in [3.63, 3.8) is 0 Å². The van der Waals surface area contributed by atoms with Crippen LogP contribution < -0.4 is 5.32 Å². The van der Waals surface area contributed by atoms with Crippen LogP contribution >= 0.6 is 0 Å². The Morgan fingerprint density at radius 3 is 2.45 bits per heavy atom. The molecule has 2 fully saturated rings. The first kappa shape index (κ1) is 20.2. The fraction of sp³-hybridized carbons (Fsp3) is 0.652. The summed E-state index contributed by atoms with van der Waals surface area (Å²) in [5.74, 6) is 0.406. The molecule has 1 atom stereocenters. The number of morpholine rings is 1. The van der Waals surface area contributed by atoms with E-state index in [4.69, 9.17) is 4.74 Å². The summed E-state index contributed by atoms with van der Waals surface area (Å²) in [6.07, 6.45) is 3.51. The van der Waals surface area contributed by atoms with E-state index in [1.165, 1.54) is 11.1 Å². The third kappa shape index (κ3) is 4.13.